The van der Waals surface area contributed by atoms with Gasteiger partial charge in [-0.1, -0.05) is 69.9 Å². The van der Waals surface area contributed by atoms with Gasteiger partial charge in [0.1, 0.15) is 6.61 Å². The van der Waals surface area contributed by atoms with Crippen molar-refractivity contribution in [2.24, 2.45) is 17.3 Å². The van der Waals surface area contributed by atoms with Gasteiger partial charge in [0.2, 0.25) is 23.4 Å². The van der Waals surface area contributed by atoms with E-state index in [1.807, 2.05) is 49.3 Å². The van der Waals surface area contributed by atoms with E-state index in [4.69, 9.17) is 16.4 Å². The Morgan fingerprint density at radius 1 is 1.24 bits per heavy atom. The summed E-state index contributed by atoms with van der Waals surface area (Å²) >= 11 is 6.19. The fourth-order valence-electron chi connectivity index (χ4n) is 6.05. The minimum Gasteiger partial charge on any atom is -0.352 e. The summed E-state index contributed by atoms with van der Waals surface area (Å²) in [5.41, 5.74) is 6.04. The fraction of sp³-hybridized carbons (Fsp3) is 0.586. The van der Waals surface area contributed by atoms with Crippen LogP contribution >= 0.6 is 11.6 Å². The largest absolute Gasteiger partial charge is 0.352 e. The second-order valence-electron chi connectivity index (χ2n) is 12.0. The molecule has 1 aliphatic carbocycles. The first-order valence-corrected chi connectivity index (χ1v) is 14.5. The lowest BCUT2D eigenvalue weighted by Crippen LogP contribution is -2.42. The van der Waals surface area contributed by atoms with E-state index in [1.165, 1.54) is 0 Å². The topological polar surface area (TPSA) is 103 Å². The first-order valence-electron chi connectivity index (χ1n) is 14.2. The van der Waals surface area contributed by atoms with Crippen molar-refractivity contribution in [3.05, 3.63) is 47.0 Å². The van der Waals surface area contributed by atoms with Crippen LogP contribution in [0.3, 0.4) is 0 Å². The number of hydroxylamine groups is 2. The van der Waals surface area contributed by atoms with Gasteiger partial charge < -0.3 is 9.80 Å². The Labute approximate surface area is 246 Å². The first kappa shape index (κ1) is 30.9. The number of aromatic nitrogens is 2. The van der Waals surface area contributed by atoms with Gasteiger partial charge in [-0.2, -0.15) is 14.4 Å². The average Bonchev–Trinajstić information content (AvgIpc) is 3.57. The van der Waals surface area contributed by atoms with Gasteiger partial charge in [-0.25, -0.2) is 5.06 Å². The van der Waals surface area contributed by atoms with E-state index in [9.17, 15) is 9.59 Å². The van der Waals surface area contributed by atoms with Crippen molar-refractivity contribution in [2.45, 2.75) is 58.6 Å². The molecule has 1 saturated heterocycles. The van der Waals surface area contributed by atoms with Gasteiger partial charge in [0.25, 0.3) is 0 Å². The third kappa shape index (κ3) is 8.05. The molecule has 0 radical (unpaired) electrons. The minimum atomic E-state index is -0.696. The molecule has 2 N–H and O–H groups in total. The summed E-state index contributed by atoms with van der Waals surface area (Å²) in [6.07, 6.45) is 5.47. The normalized spacial score (nSPS) is 19.4. The zero-order valence-corrected chi connectivity index (χ0v) is 25.0. The highest BCUT2D eigenvalue weighted by atomic mass is 35.5. The van der Waals surface area contributed by atoms with E-state index >= 15 is 4.39 Å². The van der Waals surface area contributed by atoms with Crippen LogP contribution in [0.5, 0.6) is 0 Å². The summed E-state index contributed by atoms with van der Waals surface area (Å²) in [4.78, 5) is 43.0. The van der Waals surface area contributed by atoms with Gasteiger partial charge in [-0.15, -0.1) is 0 Å². The lowest BCUT2D eigenvalue weighted by Gasteiger charge is -2.30. The van der Waals surface area contributed by atoms with Gasteiger partial charge >= 0.3 is 0 Å². The van der Waals surface area contributed by atoms with Crippen molar-refractivity contribution >= 4 is 35.6 Å². The van der Waals surface area contributed by atoms with E-state index in [0.717, 1.165) is 36.3 Å². The summed E-state index contributed by atoms with van der Waals surface area (Å²) in [7, 11) is 4.00. The molecule has 2 atom stereocenters. The number of halogens is 2. The van der Waals surface area contributed by atoms with E-state index in [1.54, 1.807) is 0 Å². The lowest BCUT2D eigenvalue weighted by atomic mass is 9.87. The number of benzene rings is 1. The molecule has 1 aromatic heterocycles. The number of likely N-dealkylation sites (N-methyl/N-ethyl adjacent to an activating group) is 1. The maximum absolute atomic E-state index is 15.7. The average molecular weight is 590 g/mol. The van der Waals surface area contributed by atoms with Gasteiger partial charge in [-0.05, 0) is 49.0 Å². The molecule has 2 heterocycles. The zero-order chi connectivity index (χ0) is 29.6. The second-order valence-corrected chi connectivity index (χ2v) is 12.3. The van der Waals surface area contributed by atoms with Gasteiger partial charge in [0.15, 0.2) is 11.6 Å². The van der Waals surface area contributed by atoms with Crippen molar-refractivity contribution in [3.63, 3.8) is 0 Å². The molecule has 1 aromatic carbocycles. The number of nitrogens with zero attached hydrogens (tertiary/aromatic N) is 5. The molecule has 0 bridgehead atoms. The molecule has 4 rings (SSSR count). The van der Waals surface area contributed by atoms with Crippen molar-refractivity contribution in [1.29, 1.82) is 0 Å². The van der Waals surface area contributed by atoms with Crippen molar-refractivity contribution in [3.8, 4) is 0 Å². The number of carbonyl (C=O) groups excluding carboxylic acids is 2. The molecule has 0 spiro atoms. The Bertz CT molecular complexity index is 1180. The summed E-state index contributed by atoms with van der Waals surface area (Å²) < 4.78 is 15.7. The van der Waals surface area contributed by atoms with Gasteiger partial charge in [0, 0.05) is 19.1 Å². The molecule has 2 aromatic rings. The summed E-state index contributed by atoms with van der Waals surface area (Å²) in [6.45, 7) is 5.69. The van der Waals surface area contributed by atoms with Crippen LogP contribution in [-0.4, -0.2) is 72.0 Å². The van der Waals surface area contributed by atoms with Crippen molar-refractivity contribution in [1.82, 2.24) is 25.4 Å². The molecule has 41 heavy (non-hydrogen) atoms. The minimum absolute atomic E-state index is 0.0629. The van der Waals surface area contributed by atoms with Crippen LogP contribution in [0.15, 0.2) is 30.3 Å². The van der Waals surface area contributed by atoms with Crippen molar-refractivity contribution in [2.75, 3.05) is 44.1 Å². The van der Waals surface area contributed by atoms with Crippen LogP contribution in [0, 0.1) is 23.1 Å². The Balaban J connectivity index is 1.44. The molecular formula is C29H41ClFN7O3. The molecule has 12 heteroatoms. The quantitative estimate of drug-likeness (QED) is 0.203. The third-order valence-electron chi connectivity index (χ3n) is 8.15. The number of rotatable bonds is 13. The number of hydrogen-bond donors (Lipinski definition) is 2. The predicted molar refractivity (Wildman–Crippen MR) is 156 cm³/mol. The standard InChI is InChI=1S/C29H41ClFN7O3/c1-29(2)18-37(16-23(29)36(3)4)26-24(31)25(32-28(30)33-26)34-35-27(40)22(14-20-10-8-9-11-20)15-38(19-39)41-17-21-12-6-5-7-13-21/h5-7,12-13,19-20,22-23H,8-11,14-18H2,1-4H3,(H,35,40)(H,32,33,34)/t22-,23?/m0/s1. The maximum Gasteiger partial charge on any atom is 0.243 e. The Morgan fingerprint density at radius 3 is 2.59 bits per heavy atom. The third-order valence-corrected chi connectivity index (χ3v) is 8.32. The maximum atomic E-state index is 15.7. The Hall–Kier alpha value is -3.02. The number of nitrogens with one attached hydrogen (secondary N) is 2. The summed E-state index contributed by atoms with van der Waals surface area (Å²) in [5, 5.41) is 1.02. The van der Waals surface area contributed by atoms with E-state index < -0.39 is 17.6 Å². The van der Waals surface area contributed by atoms with Crippen LogP contribution in [0.1, 0.15) is 51.5 Å². The van der Waals surface area contributed by atoms with Crippen LogP contribution in [0.25, 0.3) is 0 Å². The van der Waals surface area contributed by atoms with Crippen LogP contribution < -0.4 is 15.8 Å². The van der Waals surface area contributed by atoms with E-state index in [-0.39, 0.29) is 41.5 Å². The number of anilines is 2. The predicted octanol–water partition coefficient (Wildman–Crippen LogP) is 4.28. The van der Waals surface area contributed by atoms with Crippen LogP contribution in [-0.2, 0) is 21.0 Å². The lowest BCUT2D eigenvalue weighted by molar-refractivity contribution is -0.182. The smallest absolute Gasteiger partial charge is 0.243 e. The molecule has 1 unspecified atom stereocenters. The summed E-state index contributed by atoms with van der Waals surface area (Å²) in [5.74, 6) is -1.43. The molecule has 2 aliphatic rings. The fourth-order valence-corrected chi connectivity index (χ4v) is 6.22. The Morgan fingerprint density at radius 2 is 1.95 bits per heavy atom. The zero-order valence-electron chi connectivity index (χ0n) is 24.3. The number of hydrazine groups is 1. The van der Waals surface area contributed by atoms with Gasteiger partial charge in [0.05, 0.1) is 12.5 Å². The molecular weight excluding hydrogens is 549 g/mol. The van der Waals surface area contributed by atoms with Gasteiger partial charge in [-0.3, -0.25) is 25.3 Å². The molecule has 10 nitrogen and oxygen atoms in total. The highest BCUT2D eigenvalue weighted by Crippen LogP contribution is 2.37. The molecule has 2 amide bonds. The SMILES string of the molecule is CN(C)C1CN(c2nc(Cl)nc(NNC(=O)[C@@H](CC3CCCC3)CN(C=O)OCc3ccccc3)c2F)CC1(C)C. The number of hydrogen-bond acceptors (Lipinski definition) is 8. The Kier molecular flexibility index (Phi) is 10.4. The molecule has 2 fully saturated rings. The molecule has 1 aliphatic heterocycles. The monoisotopic (exact) mass is 589 g/mol. The highest BCUT2D eigenvalue weighted by molar-refractivity contribution is 6.28. The first-order chi connectivity index (χ1) is 19.6. The number of amides is 2. The molecule has 224 valence electrons. The van der Waals surface area contributed by atoms with E-state index in [0.29, 0.717) is 31.8 Å². The molecule has 1 saturated carbocycles. The second kappa shape index (κ2) is 13.8. The van der Waals surface area contributed by atoms with E-state index in [2.05, 4.69) is 39.6 Å². The summed E-state index contributed by atoms with van der Waals surface area (Å²) in [6, 6.07) is 9.67. The van der Waals surface area contributed by atoms with Crippen molar-refractivity contribution < 1.29 is 18.8 Å². The van der Waals surface area contributed by atoms with Crippen LogP contribution in [0.2, 0.25) is 5.28 Å². The number of carbonyl (C=O) groups is 2. The van der Waals surface area contributed by atoms with Crippen LogP contribution in [0.4, 0.5) is 16.0 Å². The highest BCUT2D eigenvalue weighted by Gasteiger charge is 2.42.